The second-order valence-electron chi connectivity index (χ2n) is 5.00. The molecule has 1 aliphatic carbocycles. The number of carbonyl (C=O) groups is 2. The van der Waals surface area contributed by atoms with Crippen LogP contribution in [-0.4, -0.2) is 17.0 Å². The van der Waals surface area contributed by atoms with E-state index in [0.29, 0.717) is 12.8 Å². The molecule has 2 N–H and O–H groups in total. The molecule has 1 aliphatic rings. The third kappa shape index (κ3) is 2.64. The summed E-state index contributed by atoms with van der Waals surface area (Å²) in [5.41, 5.74) is 0.0459. The normalized spacial score (nSPS) is 22.8. The number of hydrogen-bond acceptors (Lipinski definition) is 2. The lowest BCUT2D eigenvalue weighted by Gasteiger charge is -2.33. The highest BCUT2D eigenvalue weighted by Gasteiger charge is 2.41. The van der Waals surface area contributed by atoms with E-state index in [2.05, 4.69) is 5.32 Å². The number of aliphatic carboxylic acids is 1. The molecule has 20 heavy (non-hydrogen) atoms. The van der Waals surface area contributed by atoms with Crippen molar-refractivity contribution in [3.05, 3.63) is 35.4 Å². The molecule has 0 aliphatic heterocycles. The monoisotopic (exact) mass is 283 g/mol. The largest absolute Gasteiger partial charge is 0.481 e. The molecular formula is C14H15F2NO3. The van der Waals surface area contributed by atoms with E-state index in [1.807, 2.05) is 0 Å². The van der Waals surface area contributed by atoms with Gasteiger partial charge in [-0.25, -0.2) is 8.78 Å². The second-order valence-corrected chi connectivity index (χ2v) is 5.00. The van der Waals surface area contributed by atoms with E-state index >= 15 is 0 Å². The maximum atomic E-state index is 13.6. The summed E-state index contributed by atoms with van der Waals surface area (Å²) in [4.78, 5) is 22.8. The van der Waals surface area contributed by atoms with Crippen molar-refractivity contribution < 1.29 is 23.5 Å². The molecule has 1 saturated carbocycles. The van der Waals surface area contributed by atoms with Crippen LogP contribution in [0.1, 0.15) is 31.4 Å². The Hall–Kier alpha value is -1.98. The first kappa shape index (κ1) is 14.4. The lowest BCUT2D eigenvalue weighted by Crippen LogP contribution is -2.44. The van der Waals surface area contributed by atoms with Gasteiger partial charge < -0.3 is 10.4 Å². The highest BCUT2D eigenvalue weighted by atomic mass is 19.2. The van der Waals surface area contributed by atoms with Crippen molar-refractivity contribution in [2.75, 3.05) is 0 Å². The molecule has 0 aromatic heterocycles. The molecule has 0 radical (unpaired) electrons. The summed E-state index contributed by atoms with van der Waals surface area (Å²) >= 11 is 0. The Kier molecular flexibility index (Phi) is 4.01. The van der Waals surface area contributed by atoms with Crippen LogP contribution in [0.4, 0.5) is 8.78 Å². The minimum absolute atomic E-state index is 0.0459. The number of hydrogen-bond donors (Lipinski definition) is 2. The average Bonchev–Trinajstić information content (AvgIpc) is 2.30. The van der Waals surface area contributed by atoms with Gasteiger partial charge in [0.25, 0.3) is 0 Å². The van der Waals surface area contributed by atoms with Gasteiger partial charge in [0.05, 0.1) is 17.9 Å². The Morgan fingerprint density at radius 3 is 2.50 bits per heavy atom. The lowest BCUT2D eigenvalue weighted by atomic mass is 9.73. The first-order chi connectivity index (χ1) is 9.41. The van der Waals surface area contributed by atoms with Gasteiger partial charge in [0.1, 0.15) is 0 Å². The molecular weight excluding hydrogens is 268 g/mol. The minimum Gasteiger partial charge on any atom is -0.481 e. The number of carbonyl (C=O) groups excluding carboxylic acids is 1. The van der Waals surface area contributed by atoms with Crippen LogP contribution >= 0.6 is 0 Å². The number of carboxylic acids is 1. The van der Waals surface area contributed by atoms with Gasteiger partial charge in [-0.05, 0) is 25.8 Å². The van der Waals surface area contributed by atoms with Crippen LogP contribution in [0.2, 0.25) is 0 Å². The molecule has 1 aromatic rings. The molecule has 108 valence electrons. The average molecular weight is 283 g/mol. The Labute approximate surface area is 114 Å². The number of amides is 1. The Morgan fingerprint density at radius 1 is 1.30 bits per heavy atom. The molecule has 4 nitrogen and oxygen atoms in total. The molecule has 0 saturated heterocycles. The van der Waals surface area contributed by atoms with Crippen molar-refractivity contribution >= 4 is 11.9 Å². The summed E-state index contributed by atoms with van der Waals surface area (Å²) in [5, 5.41) is 11.4. The Morgan fingerprint density at radius 2 is 1.95 bits per heavy atom. The zero-order valence-corrected chi connectivity index (χ0v) is 10.9. The van der Waals surface area contributed by atoms with Crippen molar-refractivity contribution in [1.82, 2.24) is 5.32 Å². The number of halogens is 2. The zero-order chi connectivity index (χ0) is 14.9. The van der Waals surface area contributed by atoms with E-state index in [4.69, 9.17) is 5.11 Å². The standard InChI is InChI=1S/C14H15F2NO3/c1-7(8-3-2-4-11(15)12(8)16)17-13(18)9-5-6-10(9)14(19)20/h2-4,7,9-10H,5-6H2,1H3,(H,17,18)(H,19,20). The fourth-order valence-electron chi connectivity index (χ4n) is 2.36. The number of nitrogens with one attached hydrogen (secondary N) is 1. The highest BCUT2D eigenvalue weighted by molar-refractivity contribution is 5.86. The molecule has 1 fully saturated rings. The number of rotatable bonds is 4. The van der Waals surface area contributed by atoms with E-state index in [9.17, 15) is 18.4 Å². The molecule has 0 spiro atoms. The van der Waals surface area contributed by atoms with Crippen LogP contribution < -0.4 is 5.32 Å². The van der Waals surface area contributed by atoms with Gasteiger partial charge >= 0.3 is 5.97 Å². The summed E-state index contributed by atoms with van der Waals surface area (Å²) in [6.07, 6.45) is 0.970. The number of carboxylic acid groups (broad SMARTS) is 1. The van der Waals surface area contributed by atoms with E-state index in [0.717, 1.165) is 6.07 Å². The van der Waals surface area contributed by atoms with E-state index in [-0.39, 0.29) is 5.56 Å². The molecule has 0 heterocycles. The van der Waals surface area contributed by atoms with Crippen LogP contribution in [0, 0.1) is 23.5 Å². The molecule has 1 amide bonds. The summed E-state index contributed by atoms with van der Waals surface area (Å²) in [6, 6.07) is 3.03. The zero-order valence-electron chi connectivity index (χ0n) is 10.9. The third-order valence-corrected chi connectivity index (χ3v) is 3.74. The summed E-state index contributed by atoms with van der Waals surface area (Å²) in [7, 11) is 0. The maximum Gasteiger partial charge on any atom is 0.307 e. The van der Waals surface area contributed by atoms with Crippen molar-refractivity contribution in [2.24, 2.45) is 11.8 Å². The van der Waals surface area contributed by atoms with Gasteiger partial charge in [-0.2, -0.15) is 0 Å². The summed E-state index contributed by atoms with van der Waals surface area (Å²) < 4.78 is 26.7. The Bertz CT molecular complexity index is 547. The minimum atomic E-state index is -0.999. The molecule has 0 bridgehead atoms. The molecule has 2 rings (SSSR count). The van der Waals surface area contributed by atoms with Crippen molar-refractivity contribution in [2.45, 2.75) is 25.8 Å². The van der Waals surface area contributed by atoms with Crippen molar-refractivity contribution in [1.29, 1.82) is 0 Å². The van der Waals surface area contributed by atoms with E-state index in [1.165, 1.54) is 19.1 Å². The van der Waals surface area contributed by atoms with E-state index in [1.54, 1.807) is 0 Å². The first-order valence-corrected chi connectivity index (χ1v) is 6.39. The van der Waals surface area contributed by atoms with Crippen LogP contribution in [0.5, 0.6) is 0 Å². The third-order valence-electron chi connectivity index (χ3n) is 3.74. The summed E-state index contributed by atoms with van der Waals surface area (Å²) in [6.45, 7) is 1.53. The molecule has 6 heteroatoms. The predicted octanol–water partition coefficient (Wildman–Crippen LogP) is 2.25. The van der Waals surface area contributed by atoms with Gasteiger partial charge in [0.2, 0.25) is 5.91 Å². The van der Waals surface area contributed by atoms with Gasteiger partial charge in [0, 0.05) is 5.56 Å². The SMILES string of the molecule is CC(NC(=O)C1CCC1C(=O)O)c1cccc(F)c1F. The second kappa shape index (κ2) is 5.56. The van der Waals surface area contributed by atoms with Crippen LogP contribution in [-0.2, 0) is 9.59 Å². The summed E-state index contributed by atoms with van der Waals surface area (Å²) in [5.74, 6) is -4.67. The predicted molar refractivity (Wildman–Crippen MR) is 66.8 cm³/mol. The number of benzene rings is 1. The fourth-order valence-corrected chi connectivity index (χ4v) is 2.36. The van der Waals surface area contributed by atoms with E-state index < -0.39 is 41.4 Å². The van der Waals surface area contributed by atoms with Gasteiger partial charge in [-0.1, -0.05) is 12.1 Å². The lowest BCUT2D eigenvalue weighted by molar-refractivity contribution is -0.152. The van der Waals surface area contributed by atoms with Crippen LogP contribution in [0.25, 0.3) is 0 Å². The van der Waals surface area contributed by atoms with Gasteiger partial charge in [-0.3, -0.25) is 9.59 Å². The van der Waals surface area contributed by atoms with Crippen molar-refractivity contribution in [3.8, 4) is 0 Å². The quantitative estimate of drug-likeness (QED) is 0.890. The fraction of sp³-hybridized carbons (Fsp3) is 0.429. The highest BCUT2D eigenvalue weighted by Crippen LogP contribution is 2.35. The van der Waals surface area contributed by atoms with Gasteiger partial charge in [0.15, 0.2) is 11.6 Å². The Balaban J connectivity index is 2.04. The van der Waals surface area contributed by atoms with Crippen LogP contribution in [0.3, 0.4) is 0 Å². The van der Waals surface area contributed by atoms with Crippen molar-refractivity contribution in [3.63, 3.8) is 0 Å². The smallest absolute Gasteiger partial charge is 0.307 e. The maximum absolute atomic E-state index is 13.6. The van der Waals surface area contributed by atoms with Gasteiger partial charge in [-0.15, -0.1) is 0 Å². The molecule has 3 atom stereocenters. The van der Waals surface area contributed by atoms with Crippen LogP contribution in [0.15, 0.2) is 18.2 Å². The molecule has 1 aromatic carbocycles. The topological polar surface area (TPSA) is 66.4 Å². The first-order valence-electron chi connectivity index (χ1n) is 6.39. The molecule has 3 unspecified atom stereocenters.